The second-order valence-electron chi connectivity index (χ2n) is 2.38. The van der Waals surface area contributed by atoms with Gasteiger partial charge in [0.15, 0.2) is 0 Å². The molecule has 0 aromatic carbocycles. The van der Waals surface area contributed by atoms with Crippen LogP contribution in [0.25, 0.3) is 0 Å². The van der Waals surface area contributed by atoms with Crippen molar-refractivity contribution in [2.75, 3.05) is 0 Å². The van der Waals surface area contributed by atoms with Gasteiger partial charge in [-0.15, -0.1) is 0 Å². The lowest BCUT2D eigenvalue weighted by atomic mass is 10.0. The van der Waals surface area contributed by atoms with Crippen LogP contribution in [0, 0.1) is 5.92 Å². The number of aliphatic imine (C=N–C) groups is 1. The van der Waals surface area contributed by atoms with Gasteiger partial charge in [-0.1, -0.05) is 53.7 Å². The van der Waals surface area contributed by atoms with E-state index in [1.807, 2.05) is 33.8 Å². The maximum Gasteiger partial charge on any atom is 0.0263 e. The van der Waals surface area contributed by atoms with Gasteiger partial charge in [0.05, 0.1) is 0 Å². The zero-order chi connectivity index (χ0) is 12.0. The molecule has 0 amide bonds. The first-order valence-corrected chi connectivity index (χ1v) is 5.53. The highest BCUT2D eigenvalue weighted by molar-refractivity contribution is 5.27. The van der Waals surface area contributed by atoms with Crippen LogP contribution in [0.4, 0.5) is 0 Å². The maximum atomic E-state index is 3.89. The Kier molecular flexibility index (Phi) is 24.3. The number of hydrogen-bond donors (Lipinski definition) is 0. The van der Waals surface area contributed by atoms with Crippen LogP contribution >= 0.6 is 0 Å². The molecule has 1 nitrogen and oxygen atoms in total. The molecule has 0 aromatic heterocycles. The second-order valence-corrected chi connectivity index (χ2v) is 2.38. The molecule has 0 aliphatic rings. The van der Waals surface area contributed by atoms with Gasteiger partial charge in [-0.25, -0.2) is 0 Å². The number of hydrogen-bond acceptors (Lipinski definition) is 1. The van der Waals surface area contributed by atoms with Crippen LogP contribution in [0.3, 0.4) is 0 Å². The predicted octanol–water partition coefficient (Wildman–Crippen LogP) is 4.86. The highest BCUT2D eigenvalue weighted by Gasteiger charge is 1.98. The quantitative estimate of drug-likeness (QED) is 0.451. The van der Waals surface area contributed by atoms with Gasteiger partial charge in [-0.2, -0.15) is 0 Å². The van der Waals surface area contributed by atoms with Gasteiger partial charge in [0.1, 0.15) is 0 Å². The number of nitrogens with zero attached hydrogens (tertiary/aromatic N) is 1. The van der Waals surface area contributed by atoms with Crippen LogP contribution in [0.1, 0.15) is 48.0 Å². The van der Waals surface area contributed by atoms with Crippen molar-refractivity contribution in [3.63, 3.8) is 0 Å². The molecule has 84 valence electrons. The summed E-state index contributed by atoms with van der Waals surface area (Å²) >= 11 is 0. The SMILES string of the molecule is C=N/C=C\C(=C)C(C)CC.CC.CC. The highest BCUT2D eigenvalue weighted by Crippen LogP contribution is 2.12. The molecule has 1 heteroatoms. The molecule has 0 bridgehead atoms. The van der Waals surface area contributed by atoms with Crippen molar-refractivity contribution in [3.05, 3.63) is 24.4 Å². The van der Waals surface area contributed by atoms with E-state index < -0.39 is 0 Å². The van der Waals surface area contributed by atoms with E-state index in [1.165, 1.54) is 0 Å². The summed E-state index contributed by atoms with van der Waals surface area (Å²) in [6.45, 7) is 19.5. The van der Waals surface area contributed by atoms with Crippen LogP contribution in [-0.2, 0) is 0 Å². The lowest BCUT2D eigenvalue weighted by molar-refractivity contribution is 0.672. The maximum absolute atomic E-state index is 3.89. The Labute approximate surface area is 90.6 Å². The van der Waals surface area contributed by atoms with E-state index in [-0.39, 0.29) is 0 Å². The molecule has 0 aromatic rings. The van der Waals surface area contributed by atoms with Gasteiger partial charge in [-0.3, -0.25) is 4.99 Å². The second kappa shape index (κ2) is 18.0. The molecule has 0 heterocycles. The first-order chi connectivity index (χ1) is 6.72. The van der Waals surface area contributed by atoms with Gasteiger partial charge >= 0.3 is 0 Å². The van der Waals surface area contributed by atoms with E-state index in [4.69, 9.17) is 0 Å². The molecule has 1 unspecified atom stereocenters. The predicted molar refractivity (Wildman–Crippen MR) is 70.0 cm³/mol. The van der Waals surface area contributed by atoms with Gasteiger partial charge in [0.2, 0.25) is 0 Å². The van der Waals surface area contributed by atoms with Crippen molar-refractivity contribution in [1.82, 2.24) is 0 Å². The minimum Gasteiger partial charge on any atom is -0.273 e. The Hall–Kier alpha value is -0.850. The van der Waals surface area contributed by atoms with Crippen molar-refractivity contribution < 1.29 is 0 Å². The summed E-state index contributed by atoms with van der Waals surface area (Å²) in [4.78, 5) is 3.60. The third-order valence-corrected chi connectivity index (χ3v) is 1.64. The minimum absolute atomic E-state index is 0.554. The monoisotopic (exact) mass is 197 g/mol. The lowest BCUT2D eigenvalue weighted by Gasteiger charge is -2.05. The Balaban J connectivity index is -0.000000266. The Morgan fingerprint density at radius 2 is 1.71 bits per heavy atom. The molecule has 0 aliphatic heterocycles. The zero-order valence-corrected chi connectivity index (χ0v) is 10.8. The molecule has 14 heavy (non-hydrogen) atoms. The van der Waals surface area contributed by atoms with Crippen LogP contribution in [0.2, 0.25) is 0 Å². The van der Waals surface area contributed by atoms with Crippen molar-refractivity contribution >= 4 is 6.72 Å². The van der Waals surface area contributed by atoms with Gasteiger partial charge in [0.25, 0.3) is 0 Å². The molecule has 0 saturated carbocycles. The Morgan fingerprint density at radius 3 is 2.00 bits per heavy atom. The summed E-state index contributed by atoms with van der Waals surface area (Å²) < 4.78 is 0. The molecule has 0 N–H and O–H groups in total. The van der Waals surface area contributed by atoms with E-state index in [0.717, 1.165) is 12.0 Å². The molecule has 0 aliphatic carbocycles. The fourth-order valence-corrected chi connectivity index (χ4v) is 0.575. The van der Waals surface area contributed by atoms with Crippen molar-refractivity contribution in [2.24, 2.45) is 10.9 Å². The van der Waals surface area contributed by atoms with Gasteiger partial charge < -0.3 is 0 Å². The summed E-state index contributed by atoms with van der Waals surface area (Å²) in [6.07, 6.45) is 4.70. The summed E-state index contributed by atoms with van der Waals surface area (Å²) in [6, 6.07) is 0. The fourth-order valence-electron chi connectivity index (χ4n) is 0.575. The molecule has 0 radical (unpaired) electrons. The van der Waals surface area contributed by atoms with Crippen LogP contribution in [0.15, 0.2) is 29.4 Å². The summed E-state index contributed by atoms with van der Waals surface area (Å²) in [5.41, 5.74) is 1.12. The molecule has 0 rings (SSSR count). The summed E-state index contributed by atoms with van der Waals surface area (Å²) in [7, 11) is 0. The van der Waals surface area contributed by atoms with E-state index in [2.05, 4.69) is 32.1 Å². The lowest BCUT2D eigenvalue weighted by Crippen LogP contribution is -1.92. The van der Waals surface area contributed by atoms with Crippen LogP contribution in [-0.4, -0.2) is 6.72 Å². The van der Waals surface area contributed by atoms with Crippen LogP contribution < -0.4 is 0 Å². The first-order valence-electron chi connectivity index (χ1n) is 5.53. The summed E-state index contributed by atoms with van der Waals surface area (Å²) in [5, 5.41) is 0. The van der Waals surface area contributed by atoms with E-state index in [0.29, 0.717) is 5.92 Å². The largest absolute Gasteiger partial charge is 0.273 e. The van der Waals surface area contributed by atoms with E-state index in [1.54, 1.807) is 6.20 Å². The molecule has 0 spiro atoms. The van der Waals surface area contributed by atoms with Crippen molar-refractivity contribution in [3.8, 4) is 0 Å². The number of rotatable bonds is 4. The number of allylic oxidation sites excluding steroid dienone is 2. The van der Waals surface area contributed by atoms with Gasteiger partial charge in [0, 0.05) is 6.20 Å². The highest BCUT2D eigenvalue weighted by atomic mass is 14.6. The molecule has 0 saturated heterocycles. The van der Waals surface area contributed by atoms with Gasteiger partial charge in [-0.05, 0) is 25.1 Å². The fraction of sp³-hybridized carbons (Fsp3) is 0.615. The Morgan fingerprint density at radius 1 is 1.29 bits per heavy atom. The van der Waals surface area contributed by atoms with Crippen molar-refractivity contribution in [2.45, 2.75) is 48.0 Å². The molecule has 0 fully saturated rings. The summed E-state index contributed by atoms with van der Waals surface area (Å²) in [5.74, 6) is 0.554. The van der Waals surface area contributed by atoms with E-state index in [9.17, 15) is 0 Å². The van der Waals surface area contributed by atoms with E-state index >= 15 is 0 Å². The standard InChI is InChI=1S/C9H15N.2C2H6/c1-5-8(2)9(3)6-7-10-4;2*1-2/h6-8H,3-5H2,1-2H3;2*1-2H3/b7-6-;;. The third kappa shape index (κ3) is 13.7. The topological polar surface area (TPSA) is 12.4 Å². The average Bonchev–Trinajstić information content (AvgIpc) is 2.30. The average molecular weight is 197 g/mol. The van der Waals surface area contributed by atoms with Crippen molar-refractivity contribution in [1.29, 1.82) is 0 Å². The minimum atomic E-state index is 0.554. The smallest absolute Gasteiger partial charge is 0.0263 e. The normalized spacial score (nSPS) is 10.4. The Bertz CT molecular complexity index is 145. The molecular weight excluding hydrogens is 170 g/mol. The molecular formula is C13H27N. The zero-order valence-electron chi connectivity index (χ0n) is 10.8. The molecule has 1 atom stereocenters. The third-order valence-electron chi connectivity index (χ3n) is 1.64. The first kappa shape index (κ1) is 18.8. The van der Waals surface area contributed by atoms with Crippen LogP contribution in [0.5, 0.6) is 0 Å².